The van der Waals surface area contributed by atoms with E-state index >= 15 is 0 Å². The summed E-state index contributed by atoms with van der Waals surface area (Å²) in [6, 6.07) is 17.4. The number of benzene rings is 3. The van der Waals surface area contributed by atoms with Crippen LogP contribution in [0.1, 0.15) is 17.3 Å². The Balaban J connectivity index is 1.37. The predicted octanol–water partition coefficient (Wildman–Crippen LogP) is 3.77. The molecule has 0 spiro atoms. The fourth-order valence-electron chi connectivity index (χ4n) is 3.88. The van der Waals surface area contributed by atoms with Gasteiger partial charge in [-0.05, 0) is 54.1 Å². The smallest absolute Gasteiger partial charge is 0.257 e. The van der Waals surface area contributed by atoms with Gasteiger partial charge in [-0.3, -0.25) is 14.5 Å². The van der Waals surface area contributed by atoms with Crippen LogP contribution in [0.5, 0.6) is 5.75 Å². The average Bonchev–Trinajstić information content (AvgIpc) is 2.80. The van der Waals surface area contributed by atoms with E-state index in [1.165, 1.54) is 24.3 Å². The highest BCUT2D eigenvalue weighted by Crippen LogP contribution is 2.28. The van der Waals surface area contributed by atoms with Crippen molar-refractivity contribution in [2.24, 2.45) is 0 Å². The lowest BCUT2D eigenvalue weighted by molar-refractivity contribution is -0.117. The van der Waals surface area contributed by atoms with Crippen LogP contribution in [-0.4, -0.2) is 60.9 Å². The molecule has 1 heterocycles. The van der Waals surface area contributed by atoms with Gasteiger partial charge in [0, 0.05) is 31.9 Å². The maximum Gasteiger partial charge on any atom is 0.257 e. The zero-order valence-corrected chi connectivity index (χ0v) is 18.0. The largest absolute Gasteiger partial charge is 0.493 e. The van der Waals surface area contributed by atoms with Crippen molar-refractivity contribution in [3.63, 3.8) is 0 Å². The fourth-order valence-corrected chi connectivity index (χ4v) is 3.88. The van der Waals surface area contributed by atoms with Crippen molar-refractivity contribution in [1.82, 2.24) is 9.80 Å². The molecule has 0 atom stereocenters. The number of halogens is 1. The van der Waals surface area contributed by atoms with Gasteiger partial charge in [0.1, 0.15) is 11.6 Å². The van der Waals surface area contributed by atoms with Crippen LogP contribution in [0.2, 0.25) is 0 Å². The molecule has 1 aliphatic rings. The molecule has 1 fully saturated rings. The minimum atomic E-state index is -0.345. The first kappa shape index (κ1) is 21.8. The lowest BCUT2D eigenvalue weighted by atomic mass is 10.0. The highest BCUT2D eigenvalue weighted by atomic mass is 19.1. The normalized spacial score (nSPS) is 14.4. The van der Waals surface area contributed by atoms with Crippen LogP contribution < -0.4 is 10.1 Å². The van der Waals surface area contributed by atoms with E-state index in [1.54, 1.807) is 4.90 Å². The monoisotopic (exact) mass is 435 g/mol. The van der Waals surface area contributed by atoms with E-state index in [1.807, 2.05) is 48.2 Å². The van der Waals surface area contributed by atoms with E-state index < -0.39 is 0 Å². The molecule has 0 unspecified atom stereocenters. The quantitative estimate of drug-likeness (QED) is 0.640. The SMILES string of the molecule is CCOc1cc2ccccc2cc1C(=O)N1CCN(CC(=O)Nc2ccc(F)cc2)CC1. The van der Waals surface area contributed by atoms with Crippen LogP contribution in [0.4, 0.5) is 10.1 Å². The second-order valence-corrected chi connectivity index (χ2v) is 7.75. The minimum absolute atomic E-state index is 0.0605. The number of hydrogen-bond donors (Lipinski definition) is 1. The van der Waals surface area contributed by atoms with Gasteiger partial charge in [0.2, 0.25) is 5.91 Å². The molecule has 0 saturated carbocycles. The number of piperazine rings is 1. The standard InChI is InChI=1S/C25H26FN3O3/c1-2-32-23-16-19-6-4-3-5-18(19)15-22(23)25(31)29-13-11-28(12-14-29)17-24(30)27-21-9-7-20(26)8-10-21/h3-10,15-16H,2,11-14,17H2,1H3,(H,27,30). The zero-order valence-electron chi connectivity index (χ0n) is 18.0. The molecule has 6 nitrogen and oxygen atoms in total. The van der Waals surface area contributed by atoms with Crippen LogP contribution >= 0.6 is 0 Å². The lowest BCUT2D eigenvalue weighted by Gasteiger charge is -2.34. The van der Waals surface area contributed by atoms with Gasteiger partial charge in [-0.1, -0.05) is 24.3 Å². The summed E-state index contributed by atoms with van der Waals surface area (Å²) in [5.41, 5.74) is 1.12. The Morgan fingerprint density at radius 2 is 1.62 bits per heavy atom. The van der Waals surface area contributed by atoms with Gasteiger partial charge in [-0.25, -0.2) is 4.39 Å². The number of fused-ring (bicyclic) bond motifs is 1. The molecule has 166 valence electrons. The summed E-state index contributed by atoms with van der Waals surface area (Å²) in [5.74, 6) is 0.0270. The summed E-state index contributed by atoms with van der Waals surface area (Å²) in [6.45, 7) is 4.86. The van der Waals surface area contributed by atoms with Crippen molar-refractivity contribution in [1.29, 1.82) is 0 Å². The summed E-state index contributed by atoms with van der Waals surface area (Å²) >= 11 is 0. The van der Waals surface area contributed by atoms with Gasteiger partial charge < -0.3 is 15.0 Å². The van der Waals surface area contributed by atoms with E-state index in [9.17, 15) is 14.0 Å². The van der Waals surface area contributed by atoms with E-state index in [0.29, 0.717) is 49.8 Å². The molecule has 3 aromatic carbocycles. The van der Waals surface area contributed by atoms with Crippen LogP contribution in [-0.2, 0) is 4.79 Å². The van der Waals surface area contributed by atoms with Crippen LogP contribution in [0.25, 0.3) is 10.8 Å². The molecule has 4 rings (SSSR count). The van der Waals surface area contributed by atoms with Gasteiger partial charge in [-0.2, -0.15) is 0 Å². The molecule has 1 saturated heterocycles. The lowest BCUT2D eigenvalue weighted by Crippen LogP contribution is -2.50. The number of nitrogens with zero attached hydrogens (tertiary/aromatic N) is 2. The van der Waals surface area contributed by atoms with Crippen LogP contribution in [0.15, 0.2) is 60.7 Å². The molecule has 1 aliphatic heterocycles. The number of anilines is 1. The highest BCUT2D eigenvalue weighted by Gasteiger charge is 2.25. The van der Waals surface area contributed by atoms with Gasteiger partial charge in [-0.15, -0.1) is 0 Å². The van der Waals surface area contributed by atoms with Crippen molar-refractivity contribution < 1.29 is 18.7 Å². The first-order chi connectivity index (χ1) is 15.5. The van der Waals surface area contributed by atoms with Gasteiger partial charge in [0.25, 0.3) is 5.91 Å². The Hall–Kier alpha value is -3.45. The van der Waals surface area contributed by atoms with E-state index in [2.05, 4.69) is 5.32 Å². The Bertz CT molecular complexity index is 1110. The van der Waals surface area contributed by atoms with Crippen molar-refractivity contribution >= 4 is 28.3 Å². The first-order valence-corrected chi connectivity index (χ1v) is 10.8. The van der Waals surface area contributed by atoms with Gasteiger partial charge >= 0.3 is 0 Å². The molecule has 2 amide bonds. The summed E-state index contributed by atoms with van der Waals surface area (Å²) < 4.78 is 18.8. The Labute approximate surface area is 186 Å². The van der Waals surface area contributed by atoms with Crippen LogP contribution in [0, 0.1) is 5.82 Å². The first-order valence-electron chi connectivity index (χ1n) is 10.8. The number of rotatable bonds is 6. The van der Waals surface area contributed by atoms with E-state index in [4.69, 9.17) is 4.74 Å². The number of carbonyl (C=O) groups is 2. The minimum Gasteiger partial charge on any atom is -0.493 e. The van der Waals surface area contributed by atoms with Gasteiger partial charge in [0.05, 0.1) is 18.7 Å². The van der Waals surface area contributed by atoms with Crippen molar-refractivity contribution in [3.8, 4) is 5.75 Å². The van der Waals surface area contributed by atoms with Gasteiger partial charge in [0.15, 0.2) is 0 Å². The van der Waals surface area contributed by atoms with E-state index in [-0.39, 0.29) is 24.2 Å². The Morgan fingerprint density at radius 1 is 0.969 bits per heavy atom. The third kappa shape index (κ3) is 5.06. The van der Waals surface area contributed by atoms with E-state index in [0.717, 1.165) is 10.8 Å². The summed E-state index contributed by atoms with van der Waals surface area (Å²) in [6.07, 6.45) is 0. The topological polar surface area (TPSA) is 61.9 Å². The fraction of sp³-hybridized carbons (Fsp3) is 0.280. The highest BCUT2D eigenvalue weighted by molar-refractivity contribution is 6.01. The number of hydrogen-bond acceptors (Lipinski definition) is 4. The Morgan fingerprint density at radius 3 is 2.28 bits per heavy atom. The molecule has 7 heteroatoms. The van der Waals surface area contributed by atoms with Crippen LogP contribution in [0.3, 0.4) is 0 Å². The number of ether oxygens (including phenoxy) is 1. The molecular formula is C25H26FN3O3. The van der Waals surface area contributed by atoms with Crippen molar-refractivity contribution in [2.75, 3.05) is 44.6 Å². The molecule has 1 N–H and O–H groups in total. The molecule has 0 aliphatic carbocycles. The second-order valence-electron chi connectivity index (χ2n) is 7.75. The summed E-state index contributed by atoms with van der Waals surface area (Å²) in [7, 11) is 0. The molecule has 0 bridgehead atoms. The van der Waals surface area contributed by atoms with Crippen molar-refractivity contribution in [2.45, 2.75) is 6.92 Å². The maximum absolute atomic E-state index is 13.3. The van der Waals surface area contributed by atoms with Crippen molar-refractivity contribution in [3.05, 3.63) is 72.0 Å². The molecule has 32 heavy (non-hydrogen) atoms. The maximum atomic E-state index is 13.3. The number of nitrogens with one attached hydrogen (secondary N) is 1. The molecule has 0 aromatic heterocycles. The number of amides is 2. The third-order valence-corrected chi connectivity index (χ3v) is 5.53. The molecule has 3 aromatic rings. The average molecular weight is 435 g/mol. The predicted molar refractivity (Wildman–Crippen MR) is 122 cm³/mol. The second kappa shape index (κ2) is 9.78. The summed E-state index contributed by atoms with van der Waals surface area (Å²) in [4.78, 5) is 29.4. The third-order valence-electron chi connectivity index (χ3n) is 5.53. The molecule has 0 radical (unpaired) electrons. The molecular weight excluding hydrogens is 409 g/mol. The Kier molecular flexibility index (Phi) is 6.66. The number of carbonyl (C=O) groups excluding carboxylic acids is 2. The zero-order chi connectivity index (χ0) is 22.5. The summed E-state index contributed by atoms with van der Waals surface area (Å²) in [5, 5.41) is 4.80.